The molecule has 4 heteroatoms. The van der Waals surface area contributed by atoms with Crippen molar-refractivity contribution < 1.29 is 14.3 Å². The maximum Gasteiger partial charge on any atom is 0.307 e. The van der Waals surface area contributed by atoms with E-state index in [1.807, 2.05) is 42.5 Å². The zero-order chi connectivity index (χ0) is 14.5. The first-order valence-electron chi connectivity index (χ1n) is 6.33. The van der Waals surface area contributed by atoms with Gasteiger partial charge < -0.3 is 4.74 Å². The Morgan fingerprint density at radius 1 is 1.15 bits per heavy atom. The summed E-state index contributed by atoms with van der Waals surface area (Å²) in [6, 6.07) is 14.1. The van der Waals surface area contributed by atoms with Crippen LogP contribution in [0, 0.1) is 0 Å². The smallest absolute Gasteiger partial charge is 0.307 e. The molecule has 2 aromatic carbocycles. The Labute approximate surface area is 122 Å². The van der Waals surface area contributed by atoms with Gasteiger partial charge in [-0.3, -0.25) is 9.59 Å². The summed E-state index contributed by atoms with van der Waals surface area (Å²) < 4.78 is 4.63. The van der Waals surface area contributed by atoms with Crippen LogP contribution in [0.5, 0.6) is 0 Å². The second-order valence-corrected chi connectivity index (χ2v) is 5.78. The van der Waals surface area contributed by atoms with Crippen LogP contribution in [0.2, 0.25) is 0 Å². The summed E-state index contributed by atoms with van der Waals surface area (Å²) in [6.45, 7) is 1.50. The molecule has 0 saturated heterocycles. The number of hydrogen-bond donors (Lipinski definition) is 0. The molecular formula is C16H16O3S. The van der Waals surface area contributed by atoms with Crippen LogP contribution in [0.15, 0.2) is 47.4 Å². The van der Waals surface area contributed by atoms with E-state index in [1.165, 1.54) is 25.8 Å². The number of thioether (sulfide) groups is 1. The second kappa shape index (κ2) is 6.57. The van der Waals surface area contributed by atoms with Crippen molar-refractivity contribution in [3.05, 3.63) is 42.5 Å². The molecule has 0 aliphatic rings. The minimum Gasteiger partial charge on any atom is -0.469 e. The summed E-state index contributed by atoms with van der Waals surface area (Å²) in [5.74, 6) is -0.382. The standard InChI is InChI=1S/C16H16O3S/c1-11(17)15(10-16(18)19-2)20-14-8-7-12-5-3-4-6-13(12)9-14/h3-9,15H,10H2,1-2H3. The number of carbonyl (C=O) groups excluding carboxylic acids is 2. The quantitative estimate of drug-likeness (QED) is 0.624. The van der Waals surface area contributed by atoms with Crippen molar-refractivity contribution in [1.82, 2.24) is 0 Å². The van der Waals surface area contributed by atoms with Crippen LogP contribution in [0.3, 0.4) is 0 Å². The van der Waals surface area contributed by atoms with Crippen molar-refractivity contribution in [2.24, 2.45) is 0 Å². The Morgan fingerprint density at radius 3 is 2.50 bits per heavy atom. The molecule has 0 aliphatic carbocycles. The van der Waals surface area contributed by atoms with E-state index >= 15 is 0 Å². The van der Waals surface area contributed by atoms with Crippen LogP contribution in [-0.2, 0) is 14.3 Å². The number of carbonyl (C=O) groups is 2. The Kier molecular flexibility index (Phi) is 4.79. The number of fused-ring (bicyclic) bond motifs is 1. The van der Waals surface area contributed by atoms with Crippen molar-refractivity contribution in [1.29, 1.82) is 0 Å². The number of benzene rings is 2. The fourth-order valence-electron chi connectivity index (χ4n) is 1.91. The first-order chi connectivity index (χ1) is 9.60. The molecule has 1 unspecified atom stereocenters. The van der Waals surface area contributed by atoms with Crippen LogP contribution in [-0.4, -0.2) is 24.1 Å². The highest BCUT2D eigenvalue weighted by Crippen LogP contribution is 2.29. The van der Waals surface area contributed by atoms with Crippen LogP contribution < -0.4 is 0 Å². The summed E-state index contributed by atoms with van der Waals surface area (Å²) in [5, 5.41) is 1.88. The molecule has 0 N–H and O–H groups in total. The largest absolute Gasteiger partial charge is 0.469 e. The molecular weight excluding hydrogens is 272 g/mol. The maximum absolute atomic E-state index is 11.6. The minimum atomic E-state index is -0.399. The summed E-state index contributed by atoms with van der Waals surface area (Å²) in [4.78, 5) is 24.0. The molecule has 1 atom stereocenters. The molecule has 2 aromatic rings. The third-order valence-electron chi connectivity index (χ3n) is 3.03. The van der Waals surface area contributed by atoms with E-state index in [9.17, 15) is 9.59 Å². The van der Waals surface area contributed by atoms with E-state index in [-0.39, 0.29) is 18.2 Å². The molecule has 0 spiro atoms. The van der Waals surface area contributed by atoms with Gasteiger partial charge in [-0.2, -0.15) is 0 Å². The first kappa shape index (κ1) is 14.6. The molecule has 104 valence electrons. The Morgan fingerprint density at radius 2 is 1.85 bits per heavy atom. The molecule has 3 nitrogen and oxygen atoms in total. The third-order valence-corrected chi connectivity index (χ3v) is 4.34. The van der Waals surface area contributed by atoms with Gasteiger partial charge in [-0.25, -0.2) is 0 Å². The van der Waals surface area contributed by atoms with Gasteiger partial charge in [0.25, 0.3) is 0 Å². The lowest BCUT2D eigenvalue weighted by Crippen LogP contribution is -2.19. The number of methoxy groups -OCH3 is 1. The first-order valence-corrected chi connectivity index (χ1v) is 7.21. The third kappa shape index (κ3) is 3.61. The SMILES string of the molecule is COC(=O)CC(Sc1ccc2ccccc2c1)C(C)=O. The van der Waals surface area contributed by atoms with Crippen molar-refractivity contribution in [3.8, 4) is 0 Å². The summed E-state index contributed by atoms with van der Waals surface area (Å²) in [5.41, 5.74) is 0. The van der Waals surface area contributed by atoms with Gasteiger partial charge in [0.2, 0.25) is 0 Å². The zero-order valence-electron chi connectivity index (χ0n) is 11.5. The highest BCUT2D eigenvalue weighted by molar-refractivity contribution is 8.00. The van der Waals surface area contributed by atoms with Crippen molar-refractivity contribution >= 4 is 34.3 Å². The van der Waals surface area contributed by atoms with Crippen LogP contribution >= 0.6 is 11.8 Å². The van der Waals surface area contributed by atoms with E-state index in [4.69, 9.17) is 0 Å². The molecule has 0 fully saturated rings. The van der Waals surface area contributed by atoms with E-state index in [0.717, 1.165) is 15.7 Å². The molecule has 0 bridgehead atoms. The van der Waals surface area contributed by atoms with E-state index in [0.29, 0.717) is 0 Å². The molecule has 0 saturated carbocycles. The second-order valence-electron chi connectivity index (χ2n) is 4.51. The van der Waals surface area contributed by atoms with Gasteiger partial charge in [0.1, 0.15) is 5.78 Å². The molecule has 0 aromatic heterocycles. The molecule has 0 aliphatic heterocycles. The Bertz CT molecular complexity index is 636. The number of hydrogen-bond acceptors (Lipinski definition) is 4. The number of ether oxygens (including phenoxy) is 1. The summed E-state index contributed by atoms with van der Waals surface area (Å²) >= 11 is 1.40. The maximum atomic E-state index is 11.6. The predicted octanol–water partition coefficient (Wildman–Crippen LogP) is 3.45. The van der Waals surface area contributed by atoms with E-state index in [1.54, 1.807) is 0 Å². The van der Waals surface area contributed by atoms with Gasteiger partial charge in [-0.15, -0.1) is 11.8 Å². The van der Waals surface area contributed by atoms with Crippen LogP contribution in [0.4, 0.5) is 0 Å². The monoisotopic (exact) mass is 288 g/mol. The number of Topliss-reactive ketones (excluding diaryl/α,β-unsaturated/α-hetero) is 1. The van der Waals surface area contributed by atoms with E-state index < -0.39 is 5.25 Å². The summed E-state index contributed by atoms with van der Waals surface area (Å²) in [7, 11) is 1.33. The van der Waals surface area contributed by atoms with Crippen LogP contribution in [0.25, 0.3) is 10.8 Å². The van der Waals surface area contributed by atoms with Gasteiger partial charge in [0.15, 0.2) is 0 Å². The number of rotatable bonds is 5. The zero-order valence-corrected chi connectivity index (χ0v) is 12.3. The Balaban J connectivity index is 2.19. The van der Waals surface area contributed by atoms with Crippen LogP contribution in [0.1, 0.15) is 13.3 Å². The molecule has 20 heavy (non-hydrogen) atoms. The predicted molar refractivity (Wildman–Crippen MR) is 80.9 cm³/mol. The minimum absolute atomic E-state index is 0.0199. The highest BCUT2D eigenvalue weighted by Gasteiger charge is 2.20. The fourth-order valence-corrected chi connectivity index (χ4v) is 2.96. The van der Waals surface area contributed by atoms with Crippen molar-refractivity contribution in [3.63, 3.8) is 0 Å². The summed E-state index contributed by atoms with van der Waals surface area (Å²) in [6.07, 6.45) is 0.101. The van der Waals surface area contributed by atoms with Gasteiger partial charge in [-0.05, 0) is 29.8 Å². The fraction of sp³-hybridized carbons (Fsp3) is 0.250. The normalized spacial score (nSPS) is 12.1. The average Bonchev–Trinajstić information content (AvgIpc) is 2.46. The highest BCUT2D eigenvalue weighted by atomic mass is 32.2. The molecule has 0 amide bonds. The number of ketones is 1. The van der Waals surface area contributed by atoms with Crippen molar-refractivity contribution in [2.45, 2.75) is 23.5 Å². The van der Waals surface area contributed by atoms with Gasteiger partial charge >= 0.3 is 5.97 Å². The van der Waals surface area contributed by atoms with Gasteiger partial charge in [0.05, 0.1) is 18.8 Å². The lowest BCUT2D eigenvalue weighted by Gasteiger charge is -2.12. The lowest BCUT2D eigenvalue weighted by atomic mass is 10.1. The number of esters is 1. The molecule has 2 rings (SSSR count). The topological polar surface area (TPSA) is 43.4 Å². The van der Waals surface area contributed by atoms with Gasteiger partial charge in [0, 0.05) is 4.90 Å². The average molecular weight is 288 g/mol. The lowest BCUT2D eigenvalue weighted by molar-refractivity contribution is -0.141. The van der Waals surface area contributed by atoms with E-state index in [2.05, 4.69) is 4.74 Å². The van der Waals surface area contributed by atoms with Gasteiger partial charge in [-0.1, -0.05) is 30.3 Å². The molecule has 0 heterocycles. The molecule has 0 radical (unpaired) electrons. The Hall–Kier alpha value is -1.81. The van der Waals surface area contributed by atoms with Crippen molar-refractivity contribution in [2.75, 3.05) is 7.11 Å².